The fourth-order valence-electron chi connectivity index (χ4n) is 2.17. The van der Waals surface area contributed by atoms with Crippen LogP contribution in [0.4, 0.5) is 5.69 Å². The standard InChI is InChI=1S/C14H20N2O4S/c1-15-14(17)10-20-13-4-2-3-12(9-13)16-11-5-7-21(18,19)8-6-11/h2-4,9,11,16H,5-8,10H2,1H3,(H,15,17). The molecule has 0 atom stereocenters. The second kappa shape index (κ2) is 6.80. The van der Waals surface area contributed by atoms with Crippen molar-refractivity contribution in [3.63, 3.8) is 0 Å². The molecule has 0 unspecified atom stereocenters. The molecular weight excluding hydrogens is 292 g/mol. The van der Waals surface area contributed by atoms with E-state index in [-0.39, 0.29) is 30.1 Å². The first-order valence-corrected chi connectivity index (χ1v) is 8.71. The van der Waals surface area contributed by atoms with Crippen LogP contribution >= 0.6 is 0 Å². The Balaban J connectivity index is 1.90. The quantitative estimate of drug-likeness (QED) is 0.840. The van der Waals surface area contributed by atoms with Gasteiger partial charge in [0.05, 0.1) is 11.5 Å². The molecule has 1 saturated heterocycles. The van der Waals surface area contributed by atoms with Gasteiger partial charge in [-0.15, -0.1) is 0 Å². The number of carbonyl (C=O) groups is 1. The van der Waals surface area contributed by atoms with Crippen molar-refractivity contribution in [3.8, 4) is 5.75 Å². The van der Waals surface area contributed by atoms with E-state index in [4.69, 9.17) is 4.74 Å². The lowest BCUT2D eigenvalue weighted by molar-refractivity contribution is -0.122. The van der Waals surface area contributed by atoms with Crippen molar-refractivity contribution >= 4 is 21.4 Å². The molecule has 0 aromatic heterocycles. The van der Waals surface area contributed by atoms with Gasteiger partial charge in [-0.1, -0.05) is 6.07 Å². The van der Waals surface area contributed by atoms with Gasteiger partial charge in [0.15, 0.2) is 6.61 Å². The molecule has 7 heteroatoms. The highest BCUT2D eigenvalue weighted by Gasteiger charge is 2.23. The molecule has 1 fully saturated rings. The predicted octanol–water partition coefficient (Wildman–Crippen LogP) is 0.800. The molecule has 1 aliphatic heterocycles. The van der Waals surface area contributed by atoms with Gasteiger partial charge in [-0.3, -0.25) is 4.79 Å². The van der Waals surface area contributed by atoms with Crippen molar-refractivity contribution in [2.45, 2.75) is 18.9 Å². The van der Waals surface area contributed by atoms with Crippen LogP contribution in [-0.2, 0) is 14.6 Å². The maximum Gasteiger partial charge on any atom is 0.257 e. The van der Waals surface area contributed by atoms with Gasteiger partial charge >= 0.3 is 0 Å². The van der Waals surface area contributed by atoms with Crippen LogP contribution in [-0.4, -0.2) is 45.5 Å². The second-order valence-corrected chi connectivity index (χ2v) is 7.36. The van der Waals surface area contributed by atoms with Crippen LogP contribution in [0.25, 0.3) is 0 Å². The molecule has 1 aromatic carbocycles. The number of amides is 1. The summed E-state index contributed by atoms with van der Waals surface area (Å²) in [5, 5.41) is 5.80. The number of sulfone groups is 1. The Kier molecular flexibility index (Phi) is 5.06. The molecule has 0 radical (unpaired) electrons. The molecule has 0 bridgehead atoms. The van der Waals surface area contributed by atoms with Crippen molar-refractivity contribution in [2.24, 2.45) is 0 Å². The average Bonchev–Trinajstić information content (AvgIpc) is 2.47. The lowest BCUT2D eigenvalue weighted by Gasteiger charge is -2.24. The second-order valence-electron chi connectivity index (χ2n) is 5.06. The molecule has 0 aliphatic carbocycles. The zero-order valence-electron chi connectivity index (χ0n) is 12.0. The third-order valence-electron chi connectivity index (χ3n) is 3.41. The van der Waals surface area contributed by atoms with Crippen LogP contribution in [0.5, 0.6) is 5.75 Å². The first-order valence-electron chi connectivity index (χ1n) is 6.89. The zero-order chi connectivity index (χ0) is 15.3. The molecule has 116 valence electrons. The molecule has 1 aromatic rings. The van der Waals surface area contributed by atoms with Crippen molar-refractivity contribution in [2.75, 3.05) is 30.5 Å². The van der Waals surface area contributed by atoms with E-state index in [1.807, 2.05) is 18.2 Å². The fraction of sp³-hybridized carbons (Fsp3) is 0.500. The summed E-state index contributed by atoms with van der Waals surface area (Å²) in [5.74, 6) is 0.882. The van der Waals surface area contributed by atoms with Gasteiger partial charge in [0, 0.05) is 24.8 Å². The Hall–Kier alpha value is -1.76. The van der Waals surface area contributed by atoms with Crippen LogP contribution in [0.2, 0.25) is 0 Å². The van der Waals surface area contributed by atoms with Gasteiger partial charge < -0.3 is 15.4 Å². The van der Waals surface area contributed by atoms with Crippen molar-refractivity contribution in [1.82, 2.24) is 5.32 Å². The Labute approximate surface area is 124 Å². The zero-order valence-corrected chi connectivity index (χ0v) is 12.8. The minimum atomic E-state index is -2.85. The summed E-state index contributed by atoms with van der Waals surface area (Å²) in [6.45, 7) is -0.0262. The number of likely N-dealkylation sites (N-methyl/N-ethyl adjacent to an activating group) is 1. The lowest BCUT2D eigenvalue weighted by Crippen LogP contribution is -2.32. The van der Waals surface area contributed by atoms with Gasteiger partial charge in [0.25, 0.3) is 5.91 Å². The summed E-state index contributed by atoms with van der Waals surface area (Å²) in [6, 6.07) is 7.48. The molecule has 1 heterocycles. The van der Waals surface area contributed by atoms with Crippen LogP contribution < -0.4 is 15.4 Å². The highest BCUT2D eigenvalue weighted by Crippen LogP contribution is 2.21. The lowest BCUT2D eigenvalue weighted by atomic mass is 10.1. The Morgan fingerprint density at radius 2 is 2.05 bits per heavy atom. The van der Waals surface area contributed by atoms with Gasteiger partial charge in [-0.25, -0.2) is 8.42 Å². The molecular formula is C14H20N2O4S. The van der Waals surface area contributed by atoms with Crippen molar-refractivity contribution in [3.05, 3.63) is 24.3 Å². The molecule has 2 rings (SSSR count). The highest BCUT2D eigenvalue weighted by atomic mass is 32.2. The van der Waals surface area contributed by atoms with E-state index in [0.29, 0.717) is 18.6 Å². The SMILES string of the molecule is CNC(=O)COc1cccc(NC2CCS(=O)(=O)CC2)c1. The smallest absolute Gasteiger partial charge is 0.257 e. The van der Waals surface area contributed by atoms with E-state index in [1.165, 1.54) is 0 Å². The van der Waals surface area contributed by atoms with Crippen molar-refractivity contribution in [1.29, 1.82) is 0 Å². The van der Waals surface area contributed by atoms with E-state index in [0.717, 1.165) is 5.69 Å². The summed E-state index contributed by atoms with van der Waals surface area (Å²) < 4.78 is 28.2. The number of rotatable bonds is 5. The fourth-order valence-corrected chi connectivity index (χ4v) is 3.66. The number of anilines is 1. The van der Waals surface area contributed by atoms with Crippen LogP contribution in [0.3, 0.4) is 0 Å². The van der Waals surface area contributed by atoms with Gasteiger partial charge in [0.1, 0.15) is 15.6 Å². The van der Waals surface area contributed by atoms with E-state index < -0.39 is 9.84 Å². The minimum Gasteiger partial charge on any atom is -0.484 e. The van der Waals surface area contributed by atoms with E-state index >= 15 is 0 Å². The summed E-state index contributed by atoms with van der Waals surface area (Å²) in [4.78, 5) is 11.1. The first kappa shape index (κ1) is 15.6. The number of ether oxygens (including phenoxy) is 1. The molecule has 6 nitrogen and oxygen atoms in total. The van der Waals surface area contributed by atoms with E-state index in [9.17, 15) is 13.2 Å². The third-order valence-corrected chi connectivity index (χ3v) is 5.12. The molecule has 0 saturated carbocycles. The van der Waals surface area contributed by atoms with Crippen molar-refractivity contribution < 1.29 is 17.9 Å². The molecule has 0 spiro atoms. The van der Waals surface area contributed by atoms with Gasteiger partial charge in [-0.2, -0.15) is 0 Å². The van der Waals surface area contributed by atoms with Gasteiger partial charge in [-0.05, 0) is 25.0 Å². The molecule has 21 heavy (non-hydrogen) atoms. The van der Waals surface area contributed by atoms with E-state index in [1.54, 1.807) is 13.1 Å². The van der Waals surface area contributed by atoms with Gasteiger partial charge in [0.2, 0.25) is 0 Å². The molecule has 1 amide bonds. The first-order chi connectivity index (χ1) is 9.98. The Morgan fingerprint density at radius 1 is 1.33 bits per heavy atom. The number of nitrogens with one attached hydrogen (secondary N) is 2. The monoisotopic (exact) mass is 312 g/mol. The summed E-state index contributed by atoms with van der Waals surface area (Å²) in [6.07, 6.45) is 1.23. The Bertz CT molecular complexity index is 587. The largest absolute Gasteiger partial charge is 0.484 e. The number of benzene rings is 1. The number of carbonyl (C=O) groups excluding carboxylic acids is 1. The molecule has 2 N–H and O–H groups in total. The minimum absolute atomic E-state index is 0.0262. The number of hydrogen-bond acceptors (Lipinski definition) is 5. The van der Waals surface area contributed by atoms with E-state index in [2.05, 4.69) is 10.6 Å². The Morgan fingerprint density at radius 3 is 2.71 bits per heavy atom. The number of hydrogen-bond donors (Lipinski definition) is 2. The third kappa shape index (κ3) is 4.93. The maximum atomic E-state index is 11.4. The van der Waals surface area contributed by atoms with Crippen LogP contribution in [0.15, 0.2) is 24.3 Å². The molecule has 1 aliphatic rings. The predicted molar refractivity (Wildman–Crippen MR) is 81.3 cm³/mol. The topological polar surface area (TPSA) is 84.5 Å². The average molecular weight is 312 g/mol. The summed E-state index contributed by atoms with van der Waals surface area (Å²) in [5.41, 5.74) is 0.869. The normalized spacial score (nSPS) is 18.0. The van der Waals surface area contributed by atoms with Crippen LogP contribution in [0.1, 0.15) is 12.8 Å². The summed E-state index contributed by atoms with van der Waals surface area (Å²) in [7, 11) is -1.29. The summed E-state index contributed by atoms with van der Waals surface area (Å²) >= 11 is 0. The highest BCUT2D eigenvalue weighted by molar-refractivity contribution is 7.91. The maximum absolute atomic E-state index is 11.4. The van der Waals surface area contributed by atoms with Crippen LogP contribution in [0, 0.1) is 0 Å².